The summed E-state index contributed by atoms with van der Waals surface area (Å²) in [7, 11) is 1.35. The second-order valence-electron chi connectivity index (χ2n) is 13.7. The van der Waals surface area contributed by atoms with Crippen LogP contribution >= 0.6 is 0 Å². The number of carbonyl (C=O) groups excluding carboxylic acids is 3. The molecule has 0 saturated carbocycles. The number of hydrogen-bond donors (Lipinski definition) is 4. The van der Waals surface area contributed by atoms with E-state index in [2.05, 4.69) is 9.88 Å². The number of nitrogens with two attached hydrogens (primary N) is 2. The van der Waals surface area contributed by atoms with Gasteiger partial charge in [-0.3, -0.25) is 15.0 Å². The lowest BCUT2D eigenvalue weighted by Gasteiger charge is -2.23. The summed E-state index contributed by atoms with van der Waals surface area (Å²) in [6, 6.07) is 37.9. The maximum absolute atomic E-state index is 14.4. The zero-order chi connectivity index (χ0) is 39.4. The molecule has 6 N–H and O–H groups in total. The number of fused-ring (bicyclic) bond motifs is 1. The number of methoxy groups -OCH3 is 1. The van der Waals surface area contributed by atoms with Gasteiger partial charge < -0.3 is 31.0 Å². The number of nitrogen functional groups attached to an aromatic ring is 1. The zero-order valence-corrected chi connectivity index (χ0v) is 31.5. The van der Waals surface area contributed by atoms with Gasteiger partial charge >= 0.3 is 5.97 Å². The molecule has 11 heteroatoms. The molecule has 0 bridgehead atoms. The van der Waals surface area contributed by atoms with Crippen LogP contribution in [-0.4, -0.2) is 51.7 Å². The largest absolute Gasteiger partial charge is 0.465 e. The van der Waals surface area contributed by atoms with E-state index >= 15 is 0 Å². The Morgan fingerprint density at radius 3 is 2.00 bits per heavy atom. The Hall–Kier alpha value is -6.59. The third kappa shape index (κ3) is 10.1. The van der Waals surface area contributed by atoms with Crippen molar-refractivity contribution in [2.24, 2.45) is 11.5 Å². The Labute approximate surface area is 326 Å². The van der Waals surface area contributed by atoms with Gasteiger partial charge in [-0.25, -0.2) is 9.78 Å². The number of nitrogens with one attached hydrogen (secondary N) is 2. The van der Waals surface area contributed by atoms with Crippen molar-refractivity contribution in [2.75, 3.05) is 13.7 Å². The van der Waals surface area contributed by atoms with E-state index in [1.165, 1.54) is 7.11 Å². The van der Waals surface area contributed by atoms with Crippen LogP contribution in [0.2, 0.25) is 0 Å². The van der Waals surface area contributed by atoms with Crippen LogP contribution in [0.3, 0.4) is 0 Å². The van der Waals surface area contributed by atoms with E-state index < -0.39 is 5.97 Å². The van der Waals surface area contributed by atoms with Crippen molar-refractivity contribution in [3.8, 4) is 0 Å². The average Bonchev–Trinajstić information content (AvgIpc) is 3.58. The summed E-state index contributed by atoms with van der Waals surface area (Å²) >= 11 is 0. The summed E-state index contributed by atoms with van der Waals surface area (Å²) in [4.78, 5) is 45.9. The number of benzene rings is 5. The lowest BCUT2D eigenvalue weighted by atomic mass is 10.1. The van der Waals surface area contributed by atoms with Crippen LogP contribution in [-0.2, 0) is 55.0 Å². The molecule has 286 valence electrons. The number of aryl methyl sites for hydroxylation is 3. The molecule has 0 fully saturated rings. The van der Waals surface area contributed by atoms with Crippen molar-refractivity contribution in [1.82, 2.24) is 19.8 Å². The standard InChI is InChI=1S/C45H47N7O4/c1-56-45(55)37-19-14-35(15-20-37)30-51(29-34-10-8-33(28-46)9-11-34)44(54)38-21-22-40-39(27-38)50-41(23-16-31-12-17-36(18-13-31)43(47)48)52(40)25-5-24-49-42(53)26-32-6-3-2-4-7-32/h2-4,6-15,17-22,27H,5,16,23-26,28-30,46H2,1H3,(H3,47,48)(H,49,53). The number of carbonyl (C=O) groups is 3. The highest BCUT2D eigenvalue weighted by atomic mass is 16.5. The molecule has 0 unspecified atom stereocenters. The number of esters is 1. The highest BCUT2D eigenvalue weighted by Crippen LogP contribution is 2.23. The van der Waals surface area contributed by atoms with Crippen molar-refractivity contribution in [3.05, 3.63) is 172 Å². The van der Waals surface area contributed by atoms with Crippen LogP contribution in [0.4, 0.5) is 0 Å². The van der Waals surface area contributed by atoms with E-state index in [9.17, 15) is 14.4 Å². The minimum Gasteiger partial charge on any atom is -0.465 e. The van der Waals surface area contributed by atoms with E-state index in [4.69, 9.17) is 26.6 Å². The molecule has 0 radical (unpaired) electrons. The first-order valence-corrected chi connectivity index (χ1v) is 18.7. The molecule has 0 aliphatic heterocycles. The molecular formula is C45H47N7O4. The number of ether oxygens (including phenoxy) is 1. The third-order valence-electron chi connectivity index (χ3n) is 9.73. The molecule has 0 saturated heterocycles. The highest BCUT2D eigenvalue weighted by molar-refractivity contribution is 5.97. The summed E-state index contributed by atoms with van der Waals surface area (Å²) in [5.41, 5.74) is 19.6. The van der Waals surface area contributed by atoms with Gasteiger partial charge in [-0.2, -0.15) is 0 Å². The van der Waals surface area contributed by atoms with Gasteiger partial charge in [0.15, 0.2) is 0 Å². The van der Waals surface area contributed by atoms with Gasteiger partial charge in [0, 0.05) is 50.3 Å². The molecule has 0 aliphatic carbocycles. The van der Waals surface area contributed by atoms with Crippen LogP contribution in [0.1, 0.15) is 66.3 Å². The lowest BCUT2D eigenvalue weighted by molar-refractivity contribution is -0.120. The monoisotopic (exact) mass is 749 g/mol. The van der Waals surface area contributed by atoms with Crippen LogP contribution in [0.15, 0.2) is 121 Å². The Bertz CT molecular complexity index is 2280. The molecule has 1 aromatic heterocycles. The maximum Gasteiger partial charge on any atom is 0.337 e. The number of hydrogen-bond acceptors (Lipinski definition) is 7. The summed E-state index contributed by atoms with van der Waals surface area (Å²) < 4.78 is 7.03. The van der Waals surface area contributed by atoms with Gasteiger partial charge in [0.1, 0.15) is 11.7 Å². The van der Waals surface area contributed by atoms with Gasteiger partial charge in [0.05, 0.1) is 30.1 Å². The van der Waals surface area contributed by atoms with Crippen LogP contribution in [0.25, 0.3) is 11.0 Å². The number of imidazole rings is 1. The van der Waals surface area contributed by atoms with Gasteiger partial charge in [-0.05, 0) is 71.0 Å². The Morgan fingerprint density at radius 2 is 1.36 bits per heavy atom. The Balaban J connectivity index is 1.24. The predicted molar refractivity (Wildman–Crippen MR) is 218 cm³/mol. The molecule has 56 heavy (non-hydrogen) atoms. The lowest BCUT2D eigenvalue weighted by Crippen LogP contribution is -2.30. The molecule has 0 aliphatic rings. The highest BCUT2D eigenvalue weighted by Gasteiger charge is 2.20. The molecule has 0 spiro atoms. The second kappa shape index (κ2) is 18.6. The second-order valence-corrected chi connectivity index (χ2v) is 13.7. The zero-order valence-electron chi connectivity index (χ0n) is 31.5. The van der Waals surface area contributed by atoms with Crippen LogP contribution in [0, 0.1) is 5.41 Å². The van der Waals surface area contributed by atoms with Crippen LogP contribution in [0.5, 0.6) is 0 Å². The van der Waals surface area contributed by atoms with Crippen LogP contribution < -0.4 is 16.8 Å². The fourth-order valence-corrected chi connectivity index (χ4v) is 6.64. The smallest absolute Gasteiger partial charge is 0.337 e. The van der Waals surface area contributed by atoms with Gasteiger partial charge in [0.25, 0.3) is 5.91 Å². The van der Waals surface area contributed by atoms with E-state index in [0.29, 0.717) is 80.6 Å². The Kier molecular flexibility index (Phi) is 13.0. The first-order valence-electron chi connectivity index (χ1n) is 18.7. The van der Waals surface area contributed by atoms with E-state index in [1.807, 2.05) is 109 Å². The molecule has 5 aromatic carbocycles. The van der Waals surface area contributed by atoms with Crippen molar-refractivity contribution in [1.29, 1.82) is 5.41 Å². The fourth-order valence-electron chi connectivity index (χ4n) is 6.64. The molecule has 6 rings (SSSR count). The summed E-state index contributed by atoms with van der Waals surface area (Å²) in [5, 5.41) is 10.8. The van der Waals surface area contributed by atoms with Crippen molar-refractivity contribution < 1.29 is 19.1 Å². The Morgan fingerprint density at radius 1 is 0.750 bits per heavy atom. The number of amides is 2. The van der Waals surface area contributed by atoms with E-state index in [0.717, 1.165) is 39.2 Å². The number of nitrogens with zero attached hydrogens (tertiary/aromatic N) is 3. The van der Waals surface area contributed by atoms with E-state index in [1.54, 1.807) is 17.0 Å². The third-order valence-corrected chi connectivity index (χ3v) is 9.73. The van der Waals surface area contributed by atoms with Gasteiger partial charge in [0.2, 0.25) is 5.91 Å². The number of rotatable bonds is 17. The molecule has 2 amide bonds. The summed E-state index contributed by atoms with van der Waals surface area (Å²) in [5.74, 6) is 0.297. The van der Waals surface area contributed by atoms with Gasteiger partial charge in [-0.1, -0.05) is 91.0 Å². The normalized spacial score (nSPS) is 11.0. The molecule has 0 atom stereocenters. The first-order chi connectivity index (χ1) is 27.2. The average molecular weight is 750 g/mol. The number of aromatic nitrogens is 2. The van der Waals surface area contributed by atoms with Gasteiger partial charge in [-0.15, -0.1) is 0 Å². The fraction of sp³-hybridized carbons (Fsp3) is 0.222. The summed E-state index contributed by atoms with van der Waals surface area (Å²) in [6.45, 7) is 2.24. The molecular weight excluding hydrogens is 703 g/mol. The first kappa shape index (κ1) is 39.1. The topological polar surface area (TPSA) is 169 Å². The van der Waals surface area contributed by atoms with E-state index in [-0.39, 0.29) is 17.6 Å². The minimum atomic E-state index is -0.421. The van der Waals surface area contributed by atoms with Crippen molar-refractivity contribution in [3.63, 3.8) is 0 Å². The SMILES string of the molecule is COC(=O)c1ccc(CN(Cc2ccc(CN)cc2)C(=O)c2ccc3c(c2)nc(CCc2ccc(C(=N)N)cc2)n3CCCNC(=O)Cc2ccccc2)cc1. The number of amidine groups is 1. The minimum absolute atomic E-state index is 0.0247. The molecule has 11 nitrogen and oxygen atoms in total. The quantitative estimate of drug-likeness (QED) is 0.0387. The summed E-state index contributed by atoms with van der Waals surface area (Å²) in [6.07, 6.45) is 2.38. The maximum atomic E-state index is 14.4. The molecule has 6 aromatic rings. The van der Waals surface area contributed by atoms with Crippen molar-refractivity contribution >= 4 is 34.7 Å². The van der Waals surface area contributed by atoms with Crippen molar-refractivity contribution in [2.45, 2.75) is 51.9 Å². The molecule has 1 heterocycles. The predicted octanol–water partition coefficient (Wildman–Crippen LogP) is 5.94.